The number of β-lactam (4-membered cyclic amide) rings is 2. The highest BCUT2D eigenvalue weighted by Crippen LogP contribution is 2.37. The minimum Gasteiger partial charge on any atom is -0.489 e. The zero-order valence-electron chi connectivity index (χ0n) is 51.5. The lowest BCUT2D eigenvalue weighted by Gasteiger charge is -2.52. The third kappa shape index (κ3) is 17.3. The fraction of sp³-hybridized carbons (Fsp3) is 0.429. The molecule has 93 heavy (non-hydrogen) atoms. The van der Waals surface area contributed by atoms with Crippen LogP contribution in [0.2, 0.25) is 0 Å². The third-order valence-electron chi connectivity index (χ3n) is 14.6. The number of nitrogen functional groups attached to an aromatic ring is 2. The van der Waals surface area contributed by atoms with E-state index in [1.807, 2.05) is 48.2 Å². The first-order chi connectivity index (χ1) is 44.2. The molecule has 8 rings (SSSR count). The van der Waals surface area contributed by atoms with Crippen molar-refractivity contribution >= 4 is 90.3 Å². The molecule has 37 heteroatoms. The van der Waals surface area contributed by atoms with Crippen LogP contribution in [0.3, 0.4) is 0 Å². The second kappa shape index (κ2) is 30.5. The van der Waals surface area contributed by atoms with Crippen LogP contribution in [0.15, 0.2) is 94.4 Å². The quantitative estimate of drug-likeness (QED) is 0.00722. The Morgan fingerprint density at radius 3 is 1.33 bits per heavy atom. The van der Waals surface area contributed by atoms with Crippen molar-refractivity contribution < 1.29 is 84.5 Å². The van der Waals surface area contributed by atoms with Crippen LogP contribution < -0.4 is 63.0 Å². The highest BCUT2D eigenvalue weighted by Gasteiger charge is 2.61. The Kier molecular flexibility index (Phi) is 22.8. The second-order valence-electron chi connectivity index (χ2n) is 22.2. The highest BCUT2D eigenvalue weighted by molar-refractivity contribution is 7.81. The number of carboxylic acids is 2. The van der Waals surface area contributed by atoms with Gasteiger partial charge in [-0.2, -0.15) is 27.9 Å². The lowest BCUT2D eigenvalue weighted by atomic mass is 9.84. The van der Waals surface area contributed by atoms with Crippen LogP contribution in [0, 0.1) is 0 Å². The number of ether oxygens (including phenoxy) is 2. The standard InChI is InChI=1S/C56H72N18O16S3/c1-55(2)45(65-47(75)43(39-31-91-53(59)63-39)67-87-41(51(79)80)29-85-37-13-9-33(10-14-37)35-25-69(5)71(27-35)23-7-19-61-21-17-57)49(77)73(55)89-93(83,84)90-74-50(78)46(56(74,3)4)66-48(76)44(40-32-92-54(60)64-40)68-88-42(52(81)82)30-86-38-15-11-34(12-16-38)36-26-70(6)72(28-36)24-8-20-62-22-18-58/h9-16,25-28,31-32,41-42,45-46,61-62H,7-8,17-24,29-30,57-58H2,1-6H3,(H6-2,59,60,63,64,65,66,75,76,79,80,81,82)/p+2/b67-43+,68-44+/t41-,42-,45+,46+/m0/s1. The van der Waals surface area contributed by atoms with Gasteiger partial charge in [-0.05, 0) is 89.0 Å². The maximum atomic E-state index is 13.9. The number of hydroxylamine groups is 4. The number of anilines is 2. The molecule has 4 atom stereocenters. The molecule has 34 nitrogen and oxygen atoms in total. The van der Waals surface area contributed by atoms with Crippen molar-refractivity contribution in [3.8, 4) is 33.8 Å². The van der Waals surface area contributed by atoms with E-state index >= 15 is 0 Å². The summed E-state index contributed by atoms with van der Waals surface area (Å²) >= 11 is 1.81. The molecule has 6 heterocycles. The smallest absolute Gasteiger partial charge is 0.442 e. The normalized spacial score (nSPS) is 16.9. The molecule has 14 N–H and O–H groups in total. The van der Waals surface area contributed by atoms with Gasteiger partial charge < -0.3 is 73.6 Å². The number of amides is 4. The predicted octanol–water partition coefficient (Wildman–Crippen LogP) is -1.25. The number of benzene rings is 2. The van der Waals surface area contributed by atoms with Crippen LogP contribution in [0.1, 0.15) is 51.9 Å². The molecule has 6 aromatic rings. The summed E-state index contributed by atoms with van der Waals surface area (Å²) in [5.74, 6) is -6.93. The lowest BCUT2D eigenvalue weighted by molar-refractivity contribution is -0.753. The number of hydrogen-bond acceptors (Lipinski definition) is 26. The van der Waals surface area contributed by atoms with Gasteiger partial charge in [-0.15, -0.1) is 40.6 Å². The molecule has 2 fully saturated rings. The van der Waals surface area contributed by atoms with Crippen molar-refractivity contribution in [2.45, 2.75) is 89.0 Å². The Morgan fingerprint density at radius 1 is 0.634 bits per heavy atom. The summed E-state index contributed by atoms with van der Waals surface area (Å²) in [5.41, 5.74) is 21.5. The maximum absolute atomic E-state index is 13.9. The fourth-order valence-electron chi connectivity index (χ4n) is 9.46. The van der Waals surface area contributed by atoms with E-state index in [1.165, 1.54) is 38.5 Å². The summed E-state index contributed by atoms with van der Waals surface area (Å²) < 4.78 is 56.6. The Bertz CT molecular complexity index is 3590. The number of hydrogen-bond donors (Lipinski definition) is 10. The van der Waals surface area contributed by atoms with Crippen LogP contribution in [0.5, 0.6) is 11.5 Å². The molecule has 2 aliphatic rings. The average Bonchev–Trinajstić information content (AvgIpc) is 0.861. The van der Waals surface area contributed by atoms with Gasteiger partial charge in [-0.25, -0.2) is 19.6 Å². The van der Waals surface area contributed by atoms with Crippen LogP contribution in [-0.2, 0) is 84.6 Å². The van der Waals surface area contributed by atoms with Crippen molar-refractivity contribution in [2.75, 3.05) is 63.9 Å². The first kappa shape index (κ1) is 69.7. The number of nitrogens with zero attached hydrogens (tertiary/aromatic N) is 10. The average molecular weight is 1350 g/mol. The summed E-state index contributed by atoms with van der Waals surface area (Å²) in [6, 6.07) is 10.7. The van der Waals surface area contributed by atoms with E-state index in [0.29, 0.717) is 34.7 Å². The number of rotatable bonds is 36. The first-order valence-electron chi connectivity index (χ1n) is 28.9. The maximum Gasteiger partial charge on any atom is 0.442 e. The van der Waals surface area contributed by atoms with Crippen molar-refractivity contribution in [3.63, 3.8) is 0 Å². The summed E-state index contributed by atoms with van der Waals surface area (Å²) in [4.78, 5) is 98.7. The number of aliphatic carboxylic acids is 2. The monoisotopic (exact) mass is 1350 g/mol. The minimum absolute atomic E-state index is 0.0104. The molecule has 2 aromatic carbocycles. The summed E-state index contributed by atoms with van der Waals surface area (Å²) in [6.45, 7) is 9.90. The van der Waals surface area contributed by atoms with Crippen LogP contribution in [-0.4, -0.2) is 183 Å². The van der Waals surface area contributed by atoms with Gasteiger partial charge in [0.2, 0.25) is 12.4 Å². The molecule has 0 bridgehead atoms. The molecule has 0 aliphatic carbocycles. The Hall–Kier alpha value is -9.21. The fourth-order valence-corrected chi connectivity index (χ4v) is 11.5. The first-order valence-corrected chi connectivity index (χ1v) is 32.0. The van der Waals surface area contributed by atoms with Gasteiger partial charge in [0, 0.05) is 36.9 Å². The van der Waals surface area contributed by atoms with E-state index in [9.17, 15) is 47.4 Å². The molecular formula is C56H74N18O16S3+2. The van der Waals surface area contributed by atoms with E-state index in [-0.39, 0.29) is 21.7 Å². The van der Waals surface area contributed by atoms with E-state index < -0.39 is 106 Å². The van der Waals surface area contributed by atoms with Crippen LogP contribution >= 0.6 is 22.7 Å². The molecular weight excluding hydrogens is 1280 g/mol. The molecule has 0 unspecified atom stereocenters. The van der Waals surface area contributed by atoms with Crippen LogP contribution in [0.25, 0.3) is 22.3 Å². The molecule has 4 aromatic heterocycles. The summed E-state index contributed by atoms with van der Waals surface area (Å²) in [7, 11) is -1.51. The number of aromatic nitrogens is 6. The number of aryl methyl sites for hydroxylation is 4. The minimum atomic E-state index is -5.37. The zero-order chi connectivity index (χ0) is 67.4. The number of carbonyl (C=O) groups excluding carboxylic acids is 4. The SMILES string of the molecule is C[n+]1cc(-c2ccc(OC[C@H](O/N=C(/C(=O)N[C@@H]3C(=O)N(OS(=O)(=O)ON4C(=O)[C@@H](NC(=O)/C(=N/O[C@@H](COc5ccc(-c6cn(CCCNCCN)[n+](C)c6)cc5)C(=O)O)c5csc(N)n5)C4(C)C)C3(C)C)c3csc(N)n3)C(=O)O)cc2)cn1CCCNCCN. The van der Waals surface area contributed by atoms with Gasteiger partial charge in [-0.3, -0.25) is 19.2 Å². The number of nitrogens with one attached hydrogen (secondary N) is 4. The van der Waals surface area contributed by atoms with Crippen molar-refractivity contribution in [2.24, 2.45) is 35.9 Å². The summed E-state index contributed by atoms with van der Waals surface area (Å²) in [6.07, 6.45) is 6.18. The van der Waals surface area contributed by atoms with Gasteiger partial charge >= 0.3 is 22.3 Å². The zero-order valence-corrected chi connectivity index (χ0v) is 53.9. The van der Waals surface area contributed by atoms with Gasteiger partial charge in [0.15, 0.2) is 35.8 Å². The predicted molar refractivity (Wildman–Crippen MR) is 334 cm³/mol. The second-order valence-corrected chi connectivity index (χ2v) is 25.1. The van der Waals surface area contributed by atoms with Gasteiger partial charge in [0.05, 0.1) is 47.7 Å². The third-order valence-corrected chi connectivity index (χ3v) is 16.6. The van der Waals surface area contributed by atoms with Gasteiger partial charge in [-0.1, -0.05) is 34.6 Å². The number of nitrogens with two attached hydrogens (primary N) is 4. The topological polar surface area (TPSA) is 459 Å². The molecule has 500 valence electrons. The van der Waals surface area contributed by atoms with Crippen LogP contribution in [0.4, 0.5) is 10.3 Å². The number of carbonyl (C=O) groups is 6. The molecule has 0 spiro atoms. The van der Waals surface area contributed by atoms with Crippen molar-refractivity contribution in [1.29, 1.82) is 0 Å². The van der Waals surface area contributed by atoms with E-state index in [4.69, 9.17) is 50.7 Å². The Balaban J connectivity index is 0.845. The van der Waals surface area contributed by atoms with Crippen molar-refractivity contribution in [3.05, 3.63) is 95.5 Å². The molecule has 0 radical (unpaired) electrons. The lowest BCUT2D eigenvalue weighted by Crippen LogP contribution is -2.78. The van der Waals surface area contributed by atoms with Crippen molar-refractivity contribution in [1.82, 2.24) is 50.7 Å². The van der Waals surface area contributed by atoms with E-state index in [1.54, 1.807) is 48.5 Å². The Morgan fingerprint density at radius 2 is 1.01 bits per heavy atom. The van der Waals surface area contributed by atoms with Gasteiger partial charge in [0.1, 0.15) is 48.2 Å². The number of thiazole rings is 2. The summed E-state index contributed by atoms with van der Waals surface area (Å²) in [5, 5.41) is 42.5. The van der Waals surface area contributed by atoms with E-state index in [0.717, 1.165) is 97.0 Å². The van der Waals surface area contributed by atoms with E-state index in [2.05, 4.69) is 50.9 Å². The number of carboxylic acid groups (broad SMARTS) is 2. The highest BCUT2D eigenvalue weighted by atomic mass is 32.3. The molecule has 0 saturated carbocycles. The largest absolute Gasteiger partial charge is 0.489 e. The number of oxime groups is 2. The van der Waals surface area contributed by atoms with Gasteiger partial charge in [0.25, 0.3) is 35.8 Å². The Labute approximate surface area is 541 Å². The molecule has 2 aliphatic heterocycles. The molecule has 2 saturated heterocycles. The molecule has 4 amide bonds.